The topological polar surface area (TPSA) is 32.7 Å². The minimum absolute atomic E-state index is 0.118. The van der Waals surface area contributed by atoms with Gasteiger partial charge in [-0.1, -0.05) is 20.8 Å². The predicted molar refractivity (Wildman–Crippen MR) is 82.8 cm³/mol. The molecular formula is C17H33NO2. The molecule has 0 aromatic rings. The zero-order valence-corrected chi connectivity index (χ0v) is 13.8. The molecule has 0 spiro atoms. The Bertz CT molecular complexity index is 292. The second-order valence-corrected chi connectivity index (χ2v) is 7.95. The predicted octanol–water partition coefficient (Wildman–Crippen LogP) is 2.92. The lowest BCUT2D eigenvalue weighted by Gasteiger charge is -2.46. The number of aliphatic hydroxyl groups is 1. The largest absolute Gasteiger partial charge is 0.391 e. The summed E-state index contributed by atoms with van der Waals surface area (Å²) in [6.45, 7) is 10.2. The lowest BCUT2D eigenvalue weighted by molar-refractivity contribution is -0.0323. The summed E-state index contributed by atoms with van der Waals surface area (Å²) in [4.78, 5) is 2.55. The number of hydrogen-bond acceptors (Lipinski definition) is 3. The number of ether oxygens (including phenoxy) is 1. The number of rotatable bonds is 3. The van der Waals surface area contributed by atoms with Crippen LogP contribution in [0.1, 0.15) is 52.9 Å². The van der Waals surface area contributed by atoms with Crippen molar-refractivity contribution in [3.8, 4) is 0 Å². The maximum atomic E-state index is 10.4. The highest BCUT2D eigenvalue weighted by atomic mass is 16.5. The van der Waals surface area contributed by atoms with Gasteiger partial charge in [-0.3, -0.25) is 4.90 Å². The average Bonchev–Trinajstić information content (AvgIpc) is 2.39. The SMILES string of the molecule is COCC1CCN(C2CC(C(C)(C)C)CCC2O)CC1. The number of methoxy groups -OCH3 is 1. The highest BCUT2D eigenvalue weighted by Crippen LogP contribution is 2.40. The van der Waals surface area contributed by atoms with Crippen LogP contribution in [0.3, 0.4) is 0 Å². The number of hydrogen-bond donors (Lipinski definition) is 1. The molecule has 1 heterocycles. The molecule has 1 N–H and O–H groups in total. The normalized spacial score (nSPS) is 34.4. The molecule has 118 valence electrons. The van der Waals surface area contributed by atoms with E-state index in [-0.39, 0.29) is 6.10 Å². The van der Waals surface area contributed by atoms with Crippen molar-refractivity contribution in [2.75, 3.05) is 26.8 Å². The molecule has 2 aliphatic rings. The molecule has 1 aliphatic heterocycles. The van der Waals surface area contributed by atoms with Crippen molar-refractivity contribution in [2.24, 2.45) is 17.3 Å². The molecule has 0 bridgehead atoms. The van der Waals surface area contributed by atoms with Gasteiger partial charge in [0, 0.05) is 19.8 Å². The summed E-state index contributed by atoms with van der Waals surface area (Å²) >= 11 is 0. The summed E-state index contributed by atoms with van der Waals surface area (Å²) in [5, 5.41) is 10.4. The summed E-state index contributed by atoms with van der Waals surface area (Å²) in [7, 11) is 1.80. The van der Waals surface area contributed by atoms with Gasteiger partial charge in [0.05, 0.1) is 6.10 Å². The zero-order valence-electron chi connectivity index (χ0n) is 13.8. The van der Waals surface area contributed by atoms with Gasteiger partial charge in [0.25, 0.3) is 0 Å². The zero-order chi connectivity index (χ0) is 14.8. The Morgan fingerprint density at radius 1 is 1.10 bits per heavy atom. The summed E-state index contributed by atoms with van der Waals surface area (Å²) in [6.07, 6.45) is 5.65. The summed E-state index contributed by atoms with van der Waals surface area (Å²) < 4.78 is 5.28. The molecule has 0 radical (unpaired) electrons. The van der Waals surface area contributed by atoms with Crippen molar-refractivity contribution in [1.82, 2.24) is 4.90 Å². The first kappa shape index (κ1) is 16.3. The lowest BCUT2D eigenvalue weighted by atomic mass is 9.69. The van der Waals surface area contributed by atoms with Crippen LogP contribution < -0.4 is 0 Å². The van der Waals surface area contributed by atoms with Gasteiger partial charge in [0.1, 0.15) is 0 Å². The molecule has 20 heavy (non-hydrogen) atoms. The van der Waals surface area contributed by atoms with E-state index in [1.54, 1.807) is 7.11 Å². The fourth-order valence-electron chi connectivity index (χ4n) is 4.00. The molecule has 1 saturated carbocycles. The van der Waals surface area contributed by atoms with E-state index in [1.165, 1.54) is 25.7 Å². The van der Waals surface area contributed by atoms with Crippen LogP contribution in [0, 0.1) is 17.3 Å². The van der Waals surface area contributed by atoms with Crippen molar-refractivity contribution in [3.05, 3.63) is 0 Å². The van der Waals surface area contributed by atoms with E-state index in [0.717, 1.165) is 38.0 Å². The van der Waals surface area contributed by atoms with Gasteiger partial charge in [-0.15, -0.1) is 0 Å². The van der Waals surface area contributed by atoms with E-state index in [0.29, 0.717) is 11.5 Å². The van der Waals surface area contributed by atoms with Crippen molar-refractivity contribution < 1.29 is 9.84 Å². The van der Waals surface area contributed by atoms with E-state index in [1.807, 2.05) is 0 Å². The fraction of sp³-hybridized carbons (Fsp3) is 1.00. The molecule has 1 aliphatic carbocycles. The molecule has 0 aromatic heterocycles. The van der Waals surface area contributed by atoms with Crippen LogP contribution in [-0.2, 0) is 4.74 Å². The van der Waals surface area contributed by atoms with Crippen LogP contribution in [0.25, 0.3) is 0 Å². The van der Waals surface area contributed by atoms with Crippen LogP contribution in [0.4, 0.5) is 0 Å². The monoisotopic (exact) mass is 283 g/mol. The molecule has 3 nitrogen and oxygen atoms in total. The number of nitrogens with zero attached hydrogens (tertiary/aromatic N) is 1. The first-order valence-corrected chi connectivity index (χ1v) is 8.33. The fourth-order valence-corrected chi connectivity index (χ4v) is 4.00. The maximum absolute atomic E-state index is 10.4. The van der Waals surface area contributed by atoms with Crippen LogP contribution in [0.15, 0.2) is 0 Å². The van der Waals surface area contributed by atoms with E-state index < -0.39 is 0 Å². The minimum atomic E-state index is -0.118. The molecule has 1 saturated heterocycles. The highest BCUT2D eigenvalue weighted by molar-refractivity contribution is 4.92. The summed E-state index contributed by atoms with van der Waals surface area (Å²) in [5.74, 6) is 1.46. The van der Waals surface area contributed by atoms with Crippen LogP contribution in [-0.4, -0.2) is 49.0 Å². The molecule has 0 amide bonds. The van der Waals surface area contributed by atoms with Crippen molar-refractivity contribution in [1.29, 1.82) is 0 Å². The molecule has 3 unspecified atom stereocenters. The molecule has 2 rings (SSSR count). The molecule has 3 heteroatoms. The van der Waals surface area contributed by atoms with E-state index in [9.17, 15) is 5.11 Å². The molecule has 0 aromatic carbocycles. The van der Waals surface area contributed by atoms with Crippen molar-refractivity contribution in [3.63, 3.8) is 0 Å². The third-order valence-electron chi connectivity index (χ3n) is 5.53. The first-order valence-electron chi connectivity index (χ1n) is 8.33. The Kier molecular flexibility index (Phi) is 5.49. The Balaban J connectivity index is 1.90. The van der Waals surface area contributed by atoms with Gasteiger partial charge >= 0.3 is 0 Å². The van der Waals surface area contributed by atoms with E-state index in [4.69, 9.17) is 4.74 Å². The Morgan fingerprint density at radius 2 is 1.75 bits per heavy atom. The summed E-state index contributed by atoms with van der Waals surface area (Å²) in [5.41, 5.74) is 0.368. The van der Waals surface area contributed by atoms with Gasteiger partial charge in [0.15, 0.2) is 0 Å². The van der Waals surface area contributed by atoms with Crippen LogP contribution in [0.5, 0.6) is 0 Å². The number of likely N-dealkylation sites (tertiary alicyclic amines) is 1. The van der Waals surface area contributed by atoms with Gasteiger partial charge in [-0.2, -0.15) is 0 Å². The van der Waals surface area contributed by atoms with Crippen LogP contribution >= 0.6 is 0 Å². The highest BCUT2D eigenvalue weighted by Gasteiger charge is 2.38. The van der Waals surface area contributed by atoms with Gasteiger partial charge < -0.3 is 9.84 Å². The van der Waals surface area contributed by atoms with Gasteiger partial charge in [0.2, 0.25) is 0 Å². The number of piperidine rings is 1. The lowest BCUT2D eigenvalue weighted by Crippen LogP contribution is -2.51. The molecule has 3 atom stereocenters. The Hall–Kier alpha value is -0.120. The second kappa shape index (κ2) is 6.76. The van der Waals surface area contributed by atoms with Gasteiger partial charge in [-0.25, -0.2) is 0 Å². The Labute approximate surface area is 124 Å². The van der Waals surface area contributed by atoms with Crippen LogP contribution in [0.2, 0.25) is 0 Å². The smallest absolute Gasteiger partial charge is 0.0695 e. The van der Waals surface area contributed by atoms with Crippen molar-refractivity contribution >= 4 is 0 Å². The standard InChI is InChI=1S/C17H33NO2/c1-17(2,3)14-5-6-16(19)15(11-14)18-9-7-13(8-10-18)12-20-4/h13-16,19H,5-12H2,1-4H3. The second-order valence-electron chi connectivity index (χ2n) is 7.95. The third-order valence-corrected chi connectivity index (χ3v) is 5.53. The van der Waals surface area contributed by atoms with Gasteiger partial charge in [-0.05, 0) is 62.4 Å². The number of aliphatic hydroxyl groups excluding tert-OH is 1. The summed E-state index contributed by atoms with van der Waals surface area (Å²) in [6, 6.07) is 0.386. The average molecular weight is 283 g/mol. The quantitative estimate of drug-likeness (QED) is 0.864. The maximum Gasteiger partial charge on any atom is 0.0695 e. The Morgan fingerprint density at radius 3 is 2.30 bits per heavy atom. The molecular weight excluding hydrogens is 250 g/mol. The van der Waals surface area contributed by atoms with Crippen molar-refractivity contribution in [2.45, 2.75) is 65.0 Å². The van der Waals surface area contributed by atoms with E-state index >= 15 is 0 Å². The third kappa shape index (κ3) is 3.96. The minimum Gasteiger partial charge on any atom is -0.391 e. The van der Waals surface area contributed by atoms with E-state index in [2.05, 4.69) is 25.7 Å². The molecule has 2 fully saturated rings. The first-order chi connectivity index (χ1) is 9.41.